The lowest BCUT2D eigenvalue weighted by Crippen LogP contribution is -2.07. The maximum Gasteiger partial charge on any atom is 0.337 e. The zero-order valence-corrected chi connectivity index (χ0v) is 12.8. The summed E-state index contributed by atoms with van der Waals surface area (Å²) in [6.45, 7) is 1.22. The summed E-state index contributed by atoms with van der Waals surface area (Å²) in [5, 5.41) is 12.4. The fourth-order valence-corrected chi connectivity index (χ4v) is 3.04. The van der Waals surface area contributed by atoms with Crippen LogP contribution in [0.15, 0.2) is 40.9 Å². The third-order valence-electron chi connectivity index (χ3n) is 3.45. The number of carbonyl (C=O) groups is 1. The number of ether oxygens (including phenoxy) is 1. The van der Waals surface area contributed by atoms with Gasteiger partial charge in [-0.15, -0.1) is 0 Å². The Balaban J connectivity index is 1.85. The fourth-order valence-electron chi connectivity index (χ4n) is 2.49. The third-order valence-corrected chi connectivity index (χ3v) is 3.91. The highest BCUT2D eigenvalue weighted by Gasteiger charge is 2.17. The van der Waals surface area contributed by atoms with Crippen LogP contribution in [0.25, 0.3) is 0 Å². The summed E-state index contributed by atoms with van der Waals surface area (Å²) in [4.78, 5) is 11.2. The molecule has 0 fully saturated rings. The van der Waals surface area contributed by atoms with Crippen molar-refractivity contribution in [1.82, 2.24) is 0 Å². The second-order valence-corrected chi connectivity index (χ2v) is 5.77. The molecular formula is C16H14BrNO3. The quantitative estimate of drug-likeness (QED) is 0.885. The van der Waals surface area contributed by atoms with Gasteiger partial charge in [0.25, 0.3) is 0 Å². The first-order valence-electron chi connectivity index (χ1n) is 6.65. The Morgan fingerprint density at radius 1 is 1.33 bits per heavy atom. The van der Waals surface area contributed by atoms with Crippen molar-refractivity contribution < 1.29 is 14.6 Å². The molecule has 1 aliphatic rings. The molecule has 21 heavy (non-hydrogen) atoms. The number of fused-ring (bicyclic) bond motifs is 1. The summed E-state index contributed by atoms with van der Waals surface area (Å²) in [5.41, 5.74) is 3.09. The summed E-state index contributed by atoms with van der Waals surface area (Å²) in [5.74, 6) is -0.0210. The molecule has 2 aromatic carbocycles. The van der Waals surface area contributed by atoms with Crippen LogP contribution in [0.2, 0.25) is 0 Å². The minimum atomic E-state index is -0.936. The van der Waals surface area contributed by atoms with Gasteiger partial charge >= 0.3 is 5.97 Å². The predicted octanol–water partition coefficient (Wildman–Crippen LogP) is 3.69. The Bertz CT molecular complexity index is 700. The number of aromatic carboxylic acids is 1. The number of anilines is 1. The summed E-state index contributed by atoms with van der Waals surface area (Å²) in [6.07, 6.45) is 0.910. The number of nitrogens with one attached hydrogen (secondary N) is 1. The van der Waals surface area contributed by atoms with E-state index in [1.54, 1.807) is 18.2 Å². The van der Waals surface area contributed by atoms with Crippen molar-refractivity contribution in [3.63, 3.8) is 0 Å². The highest BCUT2D eigenvalue weighted by molar-refractivity contribution is 9.10. The minimum Gasteiger partial charge on any atom is -0.493 e. The van der Waals surface area contributed by atoms with E-state index in [1.165, 1.54) is 5.56 Å². The second kappa shape index (κ2) is 5.77. The van der Waals surface area contributed by atoms with Gasteiger partial charge in [-0.05, 0) is 29.8 Å². The minimum absolute atomic E-state index is 0.269. The van der Waals surface area contributed by atoms with Crippen molar-refractivity contribution in [2.75, 3.05) is 11.9 Å². The van der Waals surface area contributed by atoms with Gasteiger partial charge in [0, 0.05) is 28.7 Å². The van der Waals surface area contributed by atoms with Crippen molar-refractivity contribution in [2.45, 2.75) is 13.0 Å². The molecule has 0 aliphatic carbocycles. The smallest absolute Gasteiger partial charge is 0.337 e. The molecule has 2 aromatic rings. The molecule has 0 saturated carbocycles. The number of hydrogen-bond donors (Lipinski definition) is 2. The van der Waals surface area contributed by atoms with Crippen LogP contribution in [0.3, 0.4) is 0 Å². The topological polar surface area (TPSA) is 58.6 Å². The van der Waals surface area contributed by atoms with Gasteiger partial charge in [-0.25, -0.2) is 4.79 Å². The van der Waals surface area contributed by atoms with Crippen molar-refractivity contribution in [3.8, 4) is 5.75 Å². The number of benzene rings is 2. The highest BCUT2D eigenvalue weighted by Crippen LogP contribution is 2.33. The van der Waals surface area contributed by atoms with Crippen LogP contribution in [0.4, 0.5) is 5.69 Å². The Hall–Kier alpha value is -2.01. The maximum absolute atomic E-state index is 11.2. The summed E-state index contributed by atoms with van der Waals surface area (Å²) >= 11 is 3.50. The van der Waals surface area contributed by atoms with Crippen LogP contribution in [0.1, 0.15) is 21.5 Å². The molecule has 2 N–H and O–H groups in total. The van der Waals surface area contributed by atoms with Crippen LogP contribution in [-0.2, 0) is 13.0 Å². The Morgan fingerprint density at radius 3 is 2.95 bits per heavy atom. The van der Waals surface area contributed by atoms with Crippen molar-refractivity contribution in [1.29, 1.82) is 0 Å². The van der Waals surface area contributed by atoms with Gasteiger partial charge in [-0.1, -0.05) is 28.1 Å². The van der Waals surface area contributed by atoms with E-state index < -0.39 is 5.97 Å². The number of hydrogen-bond acceptors (Lipinski definition) is 3. The second-order valence-electron chi connectivity index (χ2n) is 4.86. The molecule has 1 heterocycles. The fraction of sp³-hybridized carbons (Fsp3) is 0.188. The average molecular weight is 348 g/mol. The molecule has 0 unspecified atom stereocenters. The first-order chi connectivity index (χ1) is 10.1. The standard InChI is InChI=1S/C16H14BrNO3/c17-12-7-10-5-6-21-15(10)11(8-12)9-18-14-4-2-1-3-13(14)16(19)20/h1-4,7-8,18H,5-6,9H2,(H,19,20). The van der Waals surface area contributed by atoms with Crippen molar-refractivity contribution in [3.05, 3.63) is 57.6 Å². The Morgan fingerprint density at radius 2 is 2.14 bits per heavy atom. The monoisotopic (exact) mass is 347 g/mol. The van der Waals surface area contributed by atoms with Gasteiger partial charge in [-0.3, -0.25) is 0 Å². The average Bonchev–Trinajstić information content (AvgIpc) is 2.93. The Kier molecular flexibility index (Phi) is 3.84. The van der Waals surface area contributed by atoms with Crippen LogP contribution < -0.4 is 10.1 Å². The molecule has 5 heteroatoms. The normalized spacial score (nSPS) is 12.6. The summed E-state index contributed by atoms with van der Waals surface area (Å²) in [7, 11) is 0. The molecule has 4 nitrogen and oxygen atoms in total. The van der Waals surface area contributed by atoms with Gasteiger partial charge in [0.15, 0.2) is 0 Å². The number of carboxylic acid groups (broad SMARTS) is 1. The predicted molar refractivity (Wildman–Crippen MR) is 84.1 cm³/mol. The van der Waals surface area contributed by atoms with E-state index in [2.05, 4.69) is 27.3 Å². The van der Waals surface area contributed by atoms with Crippen molar-refractivity contribution >= 4 is 27.6 Å². The van der Waals surface area contributed by atoms with E-state index >= 15 is 0 Å². The molecule has 0 bridgehead atoms. The van der Waals surface area contributed by atoms with Gasteiger partial charge < -0.3 is 15.2 Å². The van der Waals surface area contributed by atoms with E-state index in [4.69, 9.17) is 4.74 Å². The molecule has 3 rings (SSSR count). The zero-order chi connectivity index (χ0) is 14.8. The first kappa shape index (κ1) is 13.9. The maximum atomic E-state index is 11.2. The largest absolute Gasteiger partial charge is 0.493 e. The van der Waals surface area contributed by atoms with E-state index in [0.717, 1.165) is 22.2 Å². The van der Waals surface area contributed by atoms with E-state index in [1.807, 2.05) is 12.1 Å². The van der Waals surface area contributed by atoms with Gasteiger partial charge in [0.1, 0.15) is 5.75 Å². The van der Waals surface area contributed by atoms with Crippen LogP contribution in [0, 0.1) is 0 Å². The number of carboxylic acids is 1. The van der Waals surface area contributed by atoms with Gasteiger partial charge in [-0.2, -0.15) is 0 Å². The van der Waals surface area contributed by atoms with Gasteiger partial charge in [0.2, 0.25) is 0 Å². The van der Waals surface area contributed by atoms with E-state index in [-0.39, 0.29) is 5.56 Å². The van der Waals surface area contributed by atoms with Crippen LogP contribution >= 0.6 is 15.9 Å². The summed E-state index contributed by atoms with van der Waals surface area (Å²) < 4.78 is 6.68. The molecule has 0 amide bonds. The Labute approximate surface area is 130 Å². The SMILES string of the molecule is O=C(O)c1ccccc1NCc1cc(Br)cc2c1OCC2. The number of halogens is 1. The lowest BCUT2D eigenvalue weighted by Gasteiger charge is -2.12. The van der Waals surface area contributed by atoms with Crippen molar-refractivity contribution in [2.24, 2.45) is 0 Å². The third kappa shape index (κ3) is 2.88. The zero-order valence-electron chi connectivity index (χ0n) is 11.2. The molecular weight excluding hydrogens is 334 g/mol. The molecule has 0 atom stereocenters. The molecule has 1 aliphatic heterocycles. The first-order valence-corrected chi connectivity index (χ1v) is 7.45. The molecule has 108 valence electrons. The lowest BCUT2D eigenvalue weighted by molar-refractivity contribution is 0.0698. The number of para-hydroxylation sites is 1. The van der Waals surface area contributed by atoms with Crippen LogP contribution in [-0.4, -0.2) is 17.7 Å². The van der Waals surface area contributed by atoms with E-state index in [9.17, 15) is 9.90 Å². The molecule has 0 spiro atoms. The lowest BCUT2D eigenvalue weighted by atomic mass is 10.1. The highest BCUT2D eigenvalue weighted by atomic mass is 79.9. The molecule has 0 radical (unpaired) electrons. The summed E-state index contributed by atoms with van der Waals surface area (Å²) in [6, 6.07) is 11.0. The van der Waals surface area contributed by atoms with E-state index in [0.29, 0.717) is 18.8 Å². The molecule has 0 aromatic heterocycles. The van der Waals surface area contributed by atoms with Crippen LogP contribution in [0.5, 0.6) is 5.75 Å². The number of rotatable bonds is 4. The molecule has 0 saturated heterocycles. The van der Waals surface area contributed by atoms with Gasteiger partial charge in [0.05, 0.1) is 12.2 Å².